The molecule has 11 heteroatoms. The molecule has 4 aromatic rings. The summed E-state index contributed by atoms with van der Waals surface area (Å²) in [5.74, 6) is 0.886. The third-order valence-electron chi connectivity index (χ3n) is 6.02. The van der Waals surface area contributed by atoms with E-state index in [1.54, 1.807) is 18.2 Å². The molecular formula is C28H31N5O5S. The molecule has 0 radical (unpaired) electrons. The van der Waals surface area contributed by atoms with E-state index in [0.29, 0.717) is 23.3 Å². The summed E-state index contributed by atoms with van der Waals surface area (Å²) in [7, 11) is -4.20. The van der Waals surface area contributed by atoms with E-state index < -0.39 is 14.9 Å². The van der Waals surface area contributed by atoms with Gasteiger partial charge < -0.3 is 10.1 Å². The average molecular weight is 550 g/mol. The first kappa shape index (κ1) is 27.8. The molecular weight excluding hydrogens is 518 g/mol. The number of unbranched alkanes of at least 4 members (excludes halogenated alkanes) is 5. The molecule has 39 heavy (non-hydrogen) atoms. The number of rotatable bonds is 14. The Labute approximate surface area is 227 Å². The molecule has 2 N–H and O–H groups in total. The summed E-state index contributed by atoms with van der Waals surface area (Å²) in [5.41, 5.74) is 1.37. The first-order chi connectivity index (χ1) is 18.9. The maximum Gasteiger partial charge on any atom is 0.270 e. The van der Waals surface area contributed by atoms with E-state index in [0.717, 1.165) is 24.7 Å². The van der Waals surface area contributed by atoms with Crippen LogP contribution in [-0.2, 0) is 10.0 Å². The lowest BCUT2D eigenvalue weighted by atomic mass is 10.1. The molecule has 0 aliphatic rings. The van der Waals surface area contributed by atoms with Gasteiger partial charge in [-0.15, -0.1) is 0 Å². The molecule has 0 spiro atoms. The van der Waals surface area contributed by atoms with Crippen LogP contribution in [0.4, 0.5) is 23.0 Å². The first-order valence-corrected chi connectivity index (χ1v) is 14.4. The van der Waals surface area contributed by atoms with E-state index in [4.69, 9.17) is 4.74 Å². The molecule has 10 nitrogen and oxygen atoms in total. The zero-order chi connectivity index (χ0) is 27.7. The van der Waals surface area contributed by atoms with Crippen molar-refractivity contribution in [1.29, 1.82) is 0 Å². The largest absolute Gasteiger partial charge is 0.494 e. The van der Waals surface area contributed by atoms with Gasteiger partial charge in [-0.1, -0.05) is 57.2 Å². The van der Waals surface area contributed by atoms with Crippen molar-refractivity contribution in [3.8, 4) is 5.75 Å². The van der Waals surface area contributed by atoms with Crippen molar-refractivity contribution in [1.82, 2.24) is 9.97 Å². The van der Waals surface area contributed by atoms with Gasteiger partial charge in [-0.3, -0.25) is 14.8 Å². The molecule has 4 rings (SSSR count). The summed E-state index contributed by atoms with van der Waals surface area (Å²) in [6.45, 7) is 2.85. The summed E-state index contributed by atoms with van der Waals surface area (Å²) in [6.07, 6.45) is 7.14. The summed E-state index contributed by atoms with van der Waals surface area (Å²) >= 11 is 0. The minimum atomic E-state index is -4.20. The predicted octanol–water partition coefficient (Wildman–Crippen LogP) is 6.82. The van der Waals surface area contributed by atoms with Gasteiger partial charge in [0.2, 0.25) is 0 Å². The van der Waals surface area contributed by atoms with Gasteiger partial charge >= 0.3 is 0 Å². The highest BCUT2D eigenvalue weighted by atomic mass is 32.2. The molecule has 0 aliphatic heterocycles. The number of para-hydroxylation sites is 2. The molecule has 0 atom stereocenters. The number of sulfonamides is 1. The maximum absolute atomic E-state index is 13.1. The Morgan fingerprint density at radius 2 is 1.51 bits per heavy atom. The van der Waals surface area contributed by atoms with Crippen LogP contribution in [0.3, 0.4) is 0 Å². The van der Waals surface area contributed by atoms with Crippen LogP contribution >= 0.6 is 0 Å². The Hall–Kier alpha value is -4.25. The van der Waals surface area contributed by atoms with Gasteiger partial charge in [-0.25, -0.2) is 18.4 Å². The molecule has 0 bridgehead atoms. The molecule has 1 aromatic heterocycles. The lowest BCUT2D eigenvalue weighted by Gasteiger charge is -2.14. The maximum atomic E-state index is 13.1. The van der Waals surface area contributed by atoms with Crippen molar-refractivity contribution < 1.29 is 18.1 Å². The van der Waals surface area contributed by atoms with Crippen molar-refractivity contribution in [2.24, 2.45) is 0 Å². The topological polar surface area (TPSA) is 136 Å². The fourth-order valence-corrected chi connectivity index (χ4v) is 5.00. The molecule has 0 saturated heterocycles. The Morgan fingerprint density at radius 1 is 0.846 bits per heavy atom. The highest BCUT2D eigenvalue weighted by molar-refractivity contribution is 7.92. The van der Waals surface area contributed by atoms with E-state index in [9.17, 15) is 18.5 Å². The van der Waals surface area contributed by atoms with E-state index in [2.05, 4.69) is 26.9 Å². The van der Waals surface area contributed by atoms with Crippen molar-refractivity contribution in [2.75, 3.05) is 16.6 Å². The predicted molar refractivity (Wildman–Crippen MR) is 152 cm³/mol. The Bertz CT molecular complexity index is 1530. The second-order valence-corrected chi connectivity index (χ2v) is 10.7. The van der Waals surface area contributed by atoms with Crippen LogP contribution in [0.15, 0.2) is 77.7 Å². The van der Waals surface area contributed by atoms with Crippen LogP contribution in [0.5, 0.6) is 5.75 Å². The van der Waals surface area contributed by atoms with Crippen molar-refractivity contribution in [3.63, 3.8) is 0 Å². The van der Waals surface area contributed by atoms with Crippen molar-refractivity contribution in [2.45, 2.75) is 50.3 Å². The number of ether oxygens (including phenoxy) is 1. The lowest BCUT2D eigenvalue weighted by molar-refractivity contribution is -0.385. The number of nitro groups is 1. The minimum Gasteiger partial charge on any atom is -0.494 e. The normalized spacial score (nSPS) is 11.3. The number of nitrogens with zero attached hydrogens (tertiary/aromatic N) is 3. The number of nitro benzene ring substituents is 1. The van der Waals surface area contributed by atoms with Gasteiger partial charge in [-0.2, -0.15) is 0 Å². The van der Waals surface area contributed by atoms with E-state index >= 15 is 0 Å². The summed E-state index contributed by atoms with van der Waals surface area (Å²) in [5, 5.41) is 14.3. The van der Waals surface area contributed by atoms with Crippen LogP contribution in [-0.4, -0.2) is 29.9 Å². The molecule has 0 amide bonds. The number of hydrogen-bond acceptors (Lipinski definition) is 8. The Kier molecular flexibility index (Phi) is 9.27. The highest BCUT2D eigenvalue weighted by Gasteiger charge is 2.21. The number of hydrogen-bond donors (Lipinski definition) is 2. The minimum absolute atomic E-state index is 0.0383. The van der Waals surface area contributed by atoms with Crippen molar-refractivity contribution >= 4 is 44.1 Å². The standard InChI is InChI=1S/C28H31N5O5S/c1-2-3-4-5-6-9-19-38-23-17-15-21(16-18-23)29-27-28(31-26-14-8-7-13-25(26)30-27)32-39(36,37)24-12-10-11-22(20-24)33(34)35/h7-8,10-18,20H,2-6,9,19H2,1H3,(H,29,30)(H,31,32). The van der Waals surface area contributed by atoms with Gasteiger partial charge in [0.05, 0.1) is 27.5 Å². The summed E-state index contributed by atoms with van der Waals surface area (Å²) in [6, 6.07) is 19.2. The number of benzene rings is 3. The summed E-state index contributed by atoms with van der Waals surface area (Å²) < 4.78 is 34.5. The number of aromatic nitrogens is 2. The van der Waals surface area contributed by atoms with Crippen LogP contribution in [0.25, 0.3) is 11.0 Å². The number of nitrogens with one attached hydrogen (secondary N) is 2. The second kappa shape index (κ2) is 13.0. The van der Waals surface area contributed by atoms with Crippen LogP contribution in [0, 0.1) is 10.1 Å². The molecule has 0 aliphatic carbocycles. The molecule has 204 valence electrons. The van der Waals surface area contributed by atoms with E-state index in [-0.39, 0.29) is 22.2 Å². The average Bonchev–Trinajstić information content (AvgIpc) is 2.93. The third-order valence-corrected chi connectivity index (χ3v) is 7.36. The zero-order valence-electron chi connectivity index (χ0n) is 21.7. The fourth-order valence-electron chi connectivity index (χ4n) is 3.95. The quantitative estimate of drug-likeness (QED) is 0.0993. The molecule has 1 heterocycles. The first-order valence-electron chi connectivity index (χ1n) is 12.9. The third kappa shape index (κ3) is 7.64. The summed E-state index contributed by atoms with van der Waals surface area (Å²) in [4.78, 5) is 19.3. The fraction of sp³-hybridized carbons (Fsp3) is 0.286. The van der Waals surface area contributed by atoms with E-state index in [1.165, 1.54) is 43.9 Å². The monoisotopic (exact) mass is 549 g/mol. The number of non-ortho nitro benzene ring substituents is 1. The number of anilines is 3. The van der Waals surface area contributed by atoms with Gasteiger partial charge in [0.1, 0.15) is 5.75 Å². The highest BCUT2D eigenvalue weighted by Crippen LogP contribution is 2.28. The Balaban J connectivity index is 1.50. The zero-order valence-corrected chi connectivity index (χ0v) is 22.5. The van der Waals surface area contributed by atoms with E-state index in [1.807, 2.05) is 30.3 Å². The second-order valence-electron chi connectivity index (χ2n) is 9.04. The van der Waals surface area contributed by atoms with Gasteiger partial charge in [-0.05, 0) is 48.9 Å². The van der Waals surface area contributed by atoms with Gasteiger partial charge in [0.25, 0.3) is 15.7 Å². The van der Waals surface area contributed by atoms with Crippen LogP contribution < -0.4 is 14.8 Å². The molecule has 0 unspecified atom stereocenters. The molecule has 0 fully saturated rings. The smallest absolute Gasteiger partial charge is 0.270 e. The van der Waals surface area contributed by atoms with Crippen LogP contribution in [0.2, 0.25) is 0 Å². The van der Waals surface area contributed by atoms with Gasteiger partial charge in [0, 0.05) is 17.8 Å². The molecule has 0 saturated carbocycles. The lowest BCUT2D eigenvalue weighted by Crippen LogP contribution is -2.16. The van der Waals surface area contributed by atoms with Crippen molar-refractivity contribution in [3.05, 3.63) is 82.9 Å². The van der Waals surface area contributed by atoms with Gasteiger partial charge in [0.15, 0.2) is 11.6 Å². The Morgan fingerprint density at radius 3 is 2.21 bits per heavy atom. The SMILES string of the molecule is CCCCCCCCOc1ccc(Nc2nc3ccccc3nc2NS(=O)(=O)c2cccc([N+](=O)[O-])c2)cc1. The number of fused-ring (bicyclic) bond motifs is 1. The van der Waals surface area contributed by atoms with Crippen LogP contribution in [0.1, 0.15) is 45.4 Å². The molecule has 3 aromatic carbocycles.